The van der Waals surface area contributed by atoms with Crippen molar-refractivity contribution in [3.05, 3.63) is 59.4 Å². The number of fused-ring (bicyclic) bond motifs is 2. The molecule has 1 saturated carbocycles. The van der Waals surface area contributed by atoms with Gasteiger partial charge in [0.15, 0.2) is 0 Å². The number of cyclic esters (lactones) is 1. The first-order chi connectivity index (χ1) is 14.6. The van der Waals surface area contributed by atoms with Crippen LogP contribution in [0.4, 0.5) is 0 Å². The fraction of sp³-hybridized carbons (Fsp3) is 0.440. The molecule has 1 aliphatic carbocycles. The van der Waals surface area contributed by atoms with E-state index < -0.39 is 0 Å². The maximum Gasteiger partial charge on any atom is 0.309 e. The van der Waals surface area contributed by atoms with Crippen molar-refractivity contribution in [2.75, 3.05) is 13.2 Å². The summed E-state index contributed by atoms with van der Waals surface area (Å²) in [7, 11) is 0. The molecule has 4 nitrogen and oxygen atoms in total. The standard InChI is InChI=1S/C25H26ClNO3/c1-15-24-21(19-10-11-29-14-17(19)12-22(24)25(28)30-15)9-8-18-7-6-16(13-27-18)20-4-2-3-5-23(20)26/h2-9,13,15,17,19,21-22,24H,10-12,14H2,1H3/b9-8+. The Bertz CT molecular complexity index is 957. The minimum Gasteiger partial charge on any atom is -0.462 e. The molecule has 0 spiro atoms. The summed E-state index contributed by atoms with van der Waals surface area (Å²) in [4.78, 5) is 17.0. The van der Waals surface area contributed by atoms with Gasteiger partial charge in [0.05, 0.1) is 11.6 Å². The van der Waals surface area contributed by atoms with Crippen molar-refractivity contribution in [3.8, 4) is 11.1 Å². The molecule has 2 aliphatic heterocycles. The molecule has 3 fully saturated rings. The number of hydrogen-bond acceptors (Lipinski definition) is 4. The molecule has 1 aromatic carbocycles. The lowest BCUT2D eigenvalue weighted by atomic mass is 9.60. The Morgan fingerprint density at radius 3 is 2.87 bits per heavy atom. The molecule has 1 aromatic heterocycles. The number of carbonyl (C=O) groups excluding carboxylic acids is 1. The molecule has 2 saturated heterocycles. The van der Waals surface area contributed by atoms with Crippen LogP contribution in [0.2, 0.25) is 5.02 Å². The highest BCUT2D eigenvalue weighted by molar-refractivity contribution is 6.33. The molecule has 5 rings (SSSR count). The molecule has 6 atom stereocenters. The molecule has 3 heterocycles. The Kier molecular flexibility index (Phi) is 5.38. The van der Waals surface area contributed by atoms with Crippen molar-refractivity contribution in [1.82, 2.24) is 4.98 Å². The summed E-state index contributed by atoms with van der Waals surface area (Å²) < 4.78 is 11.4. The van der Waals surface area contributed by atoms with Crippen LogP contribution in [0, 0.1) is 29.6 Å². The molecule has 0 amide bonds. The molecule has 2 aromatic rings. The maximum atomic E-state index is 12.4. The summed E-state index contributed by atoms with van der Waals surface area (Å²) in [5.41, 5.74) is 2.90. The fourth-order valence-electron chi connectivity index (χ4n) is 5.68. The Labute approximate surface area is 182 Å². The number of nitrogens with zero attached hydrogens (tertiary/aromatic N) is 1. The van der Waals surface area contributed by atoms with Crippen LogP contribution in [-0.4, -0.2) is 30.3 Å². The van der Waals surface area contributed by atoms with Crippen molar-refractivity contribution in [2.24, 2.45) is 29.6 Å². The largest absolute Gasteiger partial charge is 0.462 e. The van der Waals surface area contributed by atoms with Crippen molar-refractivity contribution in [1.29, 1.82) is 0 Å². The van der Waals surface area contributed by atoms with Gasteiger partial charge in [-0.2, -0.15) is 0 Å². The molecule has 156 valence electrons. The smallest absolute Gasteiger partial charge is 0.309 e. The van der Waals surface area contributed by atoms with E-state index in [4.69, 9.17) is 21.1 Å². The summed E-state index contributed by atoms with van der Waals surface area (Å²) in [6.45, 7) is 3.60. The Morgan fingerprint density at radius 1 is 1.20 bits per heavy atom. The summed E-state index contributed by atoms with van der Waals surface area (Å²) >= 11 is 6.31. The third-order valence-electron chi connectivity index (χ3n) is 7.10. The topological polar surface area (TPSA) is 48.4 Å². The zero-order valence-corrected chi connectivity index (χ0v) is 17.8. The Morgan fingerprint density at radius 2 is 2.07 bits per heavy atom. The Balaban J connectivity index is 1.40. The zero-order valence-electron chi connectivity index (χ0n) is 17.0. The van der Waals surface area contributed by atoms with Gasteiger partial charge in [-0.1, -0.05) is 41.9 Å². The minimum absolute atomic E-state index is 0.00634. The van der Waals surface area contributed by atoms with Gasteiger partial charge in [-0.05, 0) is 55.7 Å². The second-order valence-corrected chi connectivity index (χ2v) is 9.14. The van der Waals surface area contributed by atoms with E-state index in [1.54, 1.807) is 0 Å². The van der Waals surface area contributed by atoms with Crippen LogP contribution in [0.15, 0.2) is 48.7 Å². The quantitative estimate of drug-likeness (QED) is 0.631. The first-order valence-corrected chi connectivity index (χ1v) is 11.2. The summed E-state index contributed by atoms with van der Waals surface area (Å²) in [5.74, 6) is 1.49. The number of benzene rings is 1. The second kappa shape index (κ2) is 8.16. The zero-order chi connectivity index (χ0) is 20.7. The van der Waals surface area contributed by atoms with Crippen LogP contribution in [0.3, 0.4) is 0 Å². The van der Waals surface area contributed by atoms with E-state index >= 15 is 0 Å². The van der Waals surface area contributed by atoms with Crippen molar-refractivity contribution in [2.45, 2.75) is 25.9 Å². The highest BCUT2D eigenvalue weighted by Gasteiger charge is 2.54. The van der Waals surface area contributed by atoms with Gasteiger partial charge in [-0.15, -0.1) is 0 Å². The summed E-state index contributed by atoms with van der Waals surface area (Å²) in [6, 6.07) is 11.9. The van der Waals surface area contributed by atoms with Gasteiger partial charge in [0.25, 0.3) is 0 Å². The van der Waals surface area contributed by atoms with Crippen molar-refractivity contribution < 1.29 is 14.3 Å². The maximum absolute atomic E-state index is 12.4. The molecule has 3 aliphatic rings. The van der Waals surface area contributed by atoms with Gasteiger partial charge in [0, 0.05) is 41.5 Å². The van der Waals surface area contributed by atoms with Crippen LogP contribution in [-0.2, 0) is 14.3 Å². The number of hydrogen-bond donors (Lipinski definition) is 0. The molecule has 30 heavy (non-hydrogen) atoms. The number of carbonyl (C=O) groups is 1. The van der Waals surface area contributed by atoms with Gasteiger partial charge < -0.3 is 9.47 Å². The number of esters is 1. The lowest BCUT2D eigenvalue weighted by molar-refractivity contribution is -0.144. The average Bonchev–Trinajstić information content (AvgIpc) is 3.05. The van der Waals surface area contributed by atoms with Crippen LogP contribution in [0.1, 0.15) is 25.5 Å². The average molecular weight is 424 g/mol. The first kappa shape index (κ1) is 19.8. The van der Waals surface area contributed by atoms with Crippen LogP contribution in [0.5, 0.6) is 0 Å². The predicted molar refractivity (Wildman–Crippen MR) is 117 cm³/mol. The lowest BCUT2D eigenvalue weighted by Crippen LogP contribution is -2.45. The Hall–Kier alpha value is -2.17. The van der Waals surface area contributed by atoms with E-state index in [2.05, 4.69) is 23.2 Å². The van der Waals surface area contributed by atoms with Crippen molar-refractivity contribution >= 4 is 23.6 Å². The molecule has 5 heteroatoms. The molecular formula is C25H26ClNO3. The molecule has 0 bridgehead atoms. The number of aromatic nitrogens is 1. The van der Waals surface area contributed by atoms with Gasteiger partial charge in [-0.3, -0.25) is 9.78 Å². The number of rotatable bonds is 3. The molecular weight excluding hydrogens is 398 g/mol. The van der Waals surface area contributed by atoms with Gasteiger partial charge >= 0.3 is 5.97 Å². The first-order valence-electron chi connectivity index (χ1n) is 10.8. The fourth-order valence-corrected chi connectivity index (χ4v) is 5.93. The van der Waals surface area contributed by atoms with Crippen LogP contribution < -0.4 is 0 Å². The third kappa shape index (κ3) is 3.57. The van der Waals surface area contributed by atoms with Crippen LogP contribution in [0.25, 0.3) is 17.2 Å². The number of pyridine rings is 1. The van der Waals surface area contributed by atoms with E-state index in [9.17, 15) is 4.79 Å². The van der Waals surface area contributed by atoms with Gasteiger partial charge in [-0.25, -0.2) is 0 Å². The third-order valence-corrected chi connectivity index (χ3v) is 7.43. The molecule has 6 unspecified atom stereocenters. The van der Waals surface area contributed by atoms with E-state index in [1.165, 1.54) is 0 Å². The predicted octanol–water partition coefficient (Wildman–Crippen LogP) is 5.27. The molecule has 0 N–H and O–H groups in total. The SMILES string of the molecule is CC1OC(=O)C2CC3COCCC3C(/C=C/c3ccc(-c4ccccc4Cl)cn3)C12. The highest BCUT2D eigenvalue weighted by Crippen LogP contribution is 2.51. The van der Waals surface area contributed by atoms with Crippen LogP contribution >= 0.6 is 11.6 Å². The van der Waals surface area contributed by atoms with E-state index in [0.29, 0.717) is 17.8 Å². The highest BCUT2D eigenvalue weighted by atomic mass is 35.5. The molecule has 0 radical (unpaired) electrons. The lowest BCUT2D eigenvalue weighted by Gasteiger charge is -2.45. The van der Waals surface area contributed by atoms with Gasteiger partial charge in [0.2, 0.25) is 0 Å². The van der Waals surface area contributed by atoms with Crippen molar-refractivity contribution in [3.63, 3.8) is 0 Å². The number of ether oxygens (including phenoxy) is 2. The monoisotopic (exact) mass is 423 g/mol. The van der Waals surface area contributed by atoms with E-state index in [-0.39, 0.29) is 23.9 Å². The normalized spacial score (nSPS) is 33.2. The van der Waals surface area contributed by atoms with E-state index in [1.807, 2.05) is 43.5 Å². The number of halogens is 1. The van der Waals surface area contributed by atoms with E-state index in [0.717, 1.165) is 47.9 Å². The number of allylic oxidation sites excluding steroid dienone is 1. The second-order valence-electron chi connectivity index (χ2n) is 8.74. The minimum atomic E-state index is -0.0310. The summed E-state index contributed by atoms with van der Waals surface area (Å²) in [6.07, 6.45) is 8.15. The van der Waals surface area contributed by atoms with Gasteiger partial charge in [0.1, 0.15) is 6.10 Å². The summed E-state index contributed by atoms with van der Waals surface area (Å²) in [5, 5.41) is 0.723.